The molecule has 0 spiro atoms. The number of aliphatic imine (C=N–C) groups is 1. The minimum Gasteiger partial charge on any atom is -0.454 e. The number of hydrogen-bond acceptors (Lipinski definition) is 3. The van der Waals surface area contributed by atoms with Crippen molar-refractivity contribution in [3.8, 4) is 0 Å². The van der Waals surface area contributed by atoms with E-state index in [2.05, 4.69) is 15.6 Å². The van der Waals surface area contributed by atoms with Crippen molar-refractivity contribution in [3.05, 3.63) is 58.8 Å². The predicted octanol–water partition coefficient (Wildman–Crippen LogP) is 2.25. The van der Waals surface area contributed by atoms with E-state index >= 15 is 0 Å². The zero-order chi connectivity index (χ0) is 17.7. The van der Waals surface area contributed by atoms with Gasteiger partial charge in [0.1, 0.15) is 11.6 Å². The van der Waals surface area contributed by atoms with Gasteiger partial charge < -0.3 is 20.8 Å². The third-order valence-corrected chi connectivity index (χ3v) is 3.61. The lowest BCUT2D eigenvalue weighted by Gasteiger charge is -2.18. The number of furan rings is 1. The number of carbonyl (C=O) groups is 1. The van der Waals surface area contributed by atoms with Crippen LogP contribution in [0.25, 0.3) is 0 Å². The molecule has 0 bridgehead atoms. The summed E-state index contributed by atoms with van der Waals surface area (Å²) in [6.45, 7) is 3.97. The molecule has 0 aliphatic rings. The van der Waals surface area contributed by atoms with Crippen LogP contribution in [0.2, 0.25) is 0 Å². The van der Waals surface area contributed by atoms with E-state index in [4.69, 9.17) is 10.2 Å². The van der Waals surface area contributed by atoms with Crippen LogP contribution < -0.4 is 16.4 Å². The van der Waals surface area contributed by atoms with Crippen molar-refractivity contribution in [3.63, 3.8) is 0 Å². The van der Waals surface area contributed by atoms with Crippen LogP contribution in [0.5, 0.6) is 0 Å². The average Bonchev–Trinajstić information content (AvgIpc) is 3.03. The molecule has 24 heavy (non-hydrogen) atoms. The van der Waals surface area contributed by atoms with E-state index in [-0.39, 0.29) is 17.6 Å². The first-order valence-corrected chi connectivity index (χ1v) is 7.52. The van der Waals surface area contributed by atoms with Crippen LogP contribution in [0, 0.1) is 12.7 Å². The first-order valence-electron chi connectivity index (χ1n) is 7.52. The topological polar surface area (TPSA) is 92.6 Å². The molecule has 1 amide bonds. The van der Waals surface area contributed by atoms with Crippen LogP contribution in [-0.2, 0) is 6.54 Å². The summed E-state index contributed by atoms with van der Waals surface area (Å²) in [5, 5.41) is 6.23. The molecule has 2 rings (SSSR count). The number of nitrogens with zero attached hydrogens (tertiary/aromatic N) is 1. The van der Waals surface area contributed by atoms with Crippen LogP contribution in [0.3, 0.4) is 0 Å². The summed E-state index contributed by atoms with van der Waals surface area (Å²) < 4.78 is 19.0. The molecule has 0 saturated carbocycles. The second kappa shape index (κ2) is 7.63. The van der Waals surface area contributed by atoms with E-state index in [0.29, 0.717) is 23.8 Å². The summed E-state index contributed by atoms with van der Waals surface area (Å²) in [5.74, 6) is 0.344. The van der Waals surface area contributed by atoms with Gasteiger partial charge in [0, 0.05) is 7.05 Å². The highest BCUT2D eigenvalue weighted by Crippen LogP contribution is 2.16. The number of amides is 1. The van der Waals surface area contributed by atoms with E-state index in [1.54, 1.807) is 26.1 Å². The number of aryl methyl sites for hydroxylation is 1. The van der Waals surface area contributed by atoms with Gasteiger partial charge >= 0.3 is 0 Å². The maximum atomic E-state index is 13.7. The number of carbonyl (C=O) groups excluding carboxylic acids is 1. The largest absolute Gasteiger partial charge is 0.454 e. The number of guanidine groups is 1. The lowest BCUT2D eigenvalue weighted by molar-refractivity contribution is 0.0972. The van der Waals surface area contributed by atoms with E-state index in [0.717, 1.165) is 5.56 Å². The molecular weight excluding hydrogens is 311 g/mol. The van der Waals surface area contributed by atoms with Crippen LogP contribution in [0.15, 0.2) is 39.7 Å². The fourth-order valence-corrected chi connectivity index (χ4v) is 2.14. The number of nitrogens with two attached hydrogens (primary N) is 1. The van der Waals surface area contributed by atoms with Gasteiger partial charge in [-0.25, -0.2) is 4.39 Å². The van der Waals surface area contributed by atoms with Gasteiger partial charge in [-0.3, -0.25) is 9.79 Å². The molecular formula is C17H21FN4O2. The summed E-state index contributed by atoms with van der Waals surface area (Å²) in [7, 11) is 1.63. The van der Waals surface area contributed by atoms with Crippen molar-refractivity contribution in [1.82, 2.24) is 10.6 Å². The zero-order valence-electron chi connectivity index (χ0n) is 13.9. The van der Waals surface area contributed by atoms with Gasteiger partial charge in [0.2, 0.25) is 0 Å². The first kappa shape index (κ1) is 17.5. The number of rotatable bonds is 5. The number of benzene rings is 1. The van der Waals surface area contributed by atoms with Gasteiger partial charge in [0.05, 0.1) is 12.6 Å². The molecule has 1 aromatic carbocycles. The highest BCUT2D eigenvalue weighted by molar-refractivity contribution is 5.89. The standard InChI is InChI=1S/C17H21FN4O2/c1-10-4-5-12(8-14(10)18)11(2)22-17(20-3)21-9-13-6-7-15(24-13)16(19)23/h4-8,11H,9H2,1-3H3,(H2,19,23)(H2,20,21,22). The summed E-state index contributed by atoms with van der Waals surface area (Å²) in [5.41, 5.74) is 6.57. The van der Waals surface area contributed by atoms with Gasteiger partial charge in [-0.05, 0) is 43.2 Å². The molecule has 128 valence electrons. The fraction of sp³-hybridized carbons (Fsp3) is 0.294. The third kappa shape index (κ3) is 4.34. The van der Waals surface area contributed by atoms with Gasteiger partial charge in [-0.15, -0.1) is 0 Å². The Morgan fingerprint density at radius 2 is 2.12 bits per heavy atom. The van der Waals surface area contributed by atoms with E-state index in [9.17, 15) is 9.18 Å². The smallest absolute Gasteiger partial charge is 0.284 e. The Morgan fingerprint density at radius 1 is 1.38 bits per heavy atom. The van der Waals surface area contributed by atoms with Crippen molar-refractivity contribution in [2.75, 3.05) is 7.05 Å². The van der Waals surface area contributed by atoms with E-state index < -0.39 is 5.91 Å². The molecule has 1 atom stereocenters. The molecule has 2 aromatic rings. The highest BCUT2D eigenvalue weighted by Gasteiger charge is 2.11. The Labute approximate surface area is 139 Å². The van der Waals surface area contributed by atoms with Crippen LogP contribution >= 0.6 is 0 Å². The van der Waals surface area contributed by atoms with Gasteiger partial charge in [-0.1, -0.05) is 12.1 Å². The number of nitrogens with one attached hydrogen (secondary N) is 2. The number of primary amides is 1. The van der Waals surface area contributed by atoms with E-state index in [1.807, 2.05) is 13.0 Å². The van der Waals surface area contributed by atoms with Gasteiger partial charge in [-0.2, -0.15) is 0 Å². The van der Waals surface area contributed by atoms with Crippen LogP contribution in [0.4, 0.5) is 4.39 Å². The van der Waals surface area contributed by atoms with E-state index in [1.165, 1.54) is 12.1 Å². The SMILES string of the molecule is CN=C(NCc1ccc(C(N)=O)o1)NC(C)c1ccc(C)c(F)c1. The summed E-state index contributed by atoms with van der Waals surface area (Å²) in [6, 6.07) is 8.17. The molecule has 1 heterocycles. The minimum atomic E-state index is -0.612. The van der Waals surface area contributed by atoms with Crippen molar-refractivity contribution >= 4 is 11.9 Å². The lowest BCUT2D eigenvalue weighted by atomic mass is 10.1. The molecule has 0 radical (unpaired) electrons. The van der Waals surface area contributed by atoms with Crippen molar-refractivity contribution in [2.24, 2.45) is 10.7 Å². The van der Waals surface area contributed by atoms with Crippen molar-refractivity contribution < 1.29 is 13.6 Å². The second-order valence-corrected chi connectivity index (χ2v) is 5.43. The normalized spacial score (nSPS) is 12.8. The second-order valence-electron chi connectivity index (χ2n) is 5.43. The molecule has 0 fully saturated rings. The average molecular weight is 332 g/mol. The van der Waals surface area contributed by atoms with Crippen LogP contribution in [0.1, 0.15) is 40.4 Å². The molecule has 0 saturated heterocycles. The Kier molecular flexibility index (Phi) is 5.57. The number of hydrogen-bond donors (Lipinski definition) is 3. The summed E-state index contributed by atoms with van der Waals surface area (Å²) in [4.78, 5) is 15.1. The molecule has 0 aliphatic carbocycles. The van der Waals surface area contributed by atoms with Gasteiger partial charge in [0.15, 0.2) is 11.7 Å². The molecule has 1 unspecified atom stereocenters. The van der Waals surface area contributed by atoms with Crippen LogP contribution in [-0.4, -0.2) is 18.9 Å². The molecule has 4 N–H and O–H groups in total. The maximum absolute atomic E-state index is 13.7. The zero-order valence-corrected chi connectivity index (χ0v) is 13.9. The maximum Gasteiger partial charge on any atom is 0.284 e. The molecule has 6 nitrogen and oxygen atoms in total. The highest BCUT2D eigenvalue weighted by atomic mass is 19.1. The van der Waals surface area contributed by atoms with Gasteiger partial charge in [0.25, 0.3) is 5.91 Å². The quantitative estimate of drug-likeness (QED) is 0.578. The van der Waals surface area contributed by atoms with Crippen molar-refractivity contribution in [2.45, 2.75) is 26.4 Å². The lowest BCUT2D eigenvalue weighted by Crippen LogP contribution is -2.38. The first-order chi connectivity index (χ1) is 11.4. The molecule has 7 heteroatoms. The third-order valence-electron chi connectivity index (χ3n) is 3.61. The molecule has 0 aliphatic heterocycles. The molecule has 1 aromatic heterocycles. The summed E-state index contributed by atoms with van der Waals surface area (Å²) in [6.07, 6.45) is 0. The fourth-order valence-electron chi connectivity index (χ4n) is 2.14. The summed E-state index contributed by atoms with van der Waals surface area (Å²) >= 11 is 0. The number of halogens is 1. The Morgan fingerprint density at radius 3 is 2.71 bits per heavy atom. The van der Waals surface area contributed by atoms with Crippen molar-refractivity contribution in [1.29, 1.82) is 0 Å². The Hall–Kier alpha value is -2.83. The minimum absolute atomic E-state index is 0.109. The predicted molar refractivity (Wildman–Crippen MR) is 90.1 cm³/mol. The Bertz CT molecular complexity index is 755. The monoisotopic (exact) mass is 332 g/mol. The Balaban J connectivity index is 1.95.